The van der Waals surface area contributed by atoms with E-state index in [4.69, 9.17) is 0 Å². The SMILES string of the molecule is CCc1cnc(CN2CCCC(NC)C2=O)s1. The van der Waals surface area contributed by atoms with Crippen LogP contribution in [0.3, 0.4) is 0 Å². The Morgan fingerprint density at radius 3 is 3.12 bits per heavy atom. The van der Waals surface area contributed by atoms with E-state index >= 15 is 0 Å². The first kappa shape index (κ1) is 12.5. The molecule has 1 atom stereocenters. The largest absolute Gasteiger partial charge is 0.335 e. The highest BCUT2D eigenvalue weighted by molar-refractivity contribution is 7.11. The van der Waals surface area contributed by atoms with Crippen molar-refractivity contribution in [1.29, 1.82) is 0 Å². The first-order valence-corrected chi connectivity index (χ1v) is 6.96. The number of hydrogen-bond acceptors (Lipinski definition) is 4. The first-order valence-electron chi connectivity index (χ1n) is 6.14. The molecule has 1 amide bonds. The van der Waals surface area contributed by atoms with E-state index in [2.05, 4.69) is 17.2 Å². The van der Waals surface area contributed by atoms with Gasteiger partial charge in [0.1, 0.15) is 5.01 Å². The highest BCUT2D eigenvalue weighted by Gasteiger charge is 2.27. The molecule has 1 saturated heterocycles. The van der Waals surface area contributed by atoms with Gasteiger partial charge in [0.25, 0.3) is 0 Å². The maximum atomic E-state index is 12.1. The van der Waals surface area contributed by atoms with Crippen LogP contribution in [0.1, 0.15) is 29.7 Å². The second kappa shape index (κ2) is 5.60. The number of likely N-dealkylation sites (tertiary alicyclic amines) is 1. The molecule has 5 heteroatoms. The molecule has 1 fully saturated rings. The van der Waals surface area contributed by atoms with Crippen molar-refractivity contribution in [2.24, 2.45) is 0 Å². The maximum Gasteiger partial charge on any atom is 0.240 e. The van der Waals surface area contributed by atoms with Gasteiger partial charge in [-0.3, -0.25) is 4.79 Å². The van der Waals surface area contributed by atoms with Crippen LogP contribution in [0, 0.1) is 0 Å². The standard InChI is InChI=1S/C12H19N3OS/c1-3-9-7-14-11(17-9)8-15-6-4-5-10(13-2)12(15)16/h7,10,13H,3-6,8H2,1-2H3. The predicted molar refractivity (Wildman–Crippen MR) is 69.0 cm³/mol. The van der Waals surface area contributed by atoms with Gasteiger partial charge in [-0.2, -0.15) is 0 Å². The Morgan fingerprint density at radius 2 is 2.47 bits per heavy atom. The zero-order valence-electron chi connectivity index (χ0n) is 10.4. The number of piperidine rings is 1. The Hall–Kier alpha value is -0.940. The summed E-state index contributed by atoms with van der Waals surface area (Å²) in [5, 5.41) is 4.13. The smallest absolute Gasteiger partial charge is 0.240 e. The van der Waals surface area contributed by atoms with E-state index in [1.807, 2.05) is 18.1 Å². The fourth-order valence-corrected chi connectivity index (χ4v) is 2.99. The van der Waals surface area contributed by atoms with Crippen molar-refractivity contribution in [2.75, 3.05) is 13.6 Å². The Kier molecular flexibility index (Phi) is 4.12. The fourth-order valence-electron chi connectivity index (χ4n) is 2.11. The summed E-state index contributed by atoms with van der Waals surface area (Å²) in [6.07, 6.45) is 4.96. The molecule has 0 saturated carbocycles. The van der Waals surface area contributed by atoms with E-state index in [-0.39, 0.29) is 11.9 Å². The van der Waals surface area contributed by atoms with E-state index in [1.165, 1.54) is 4.88 Å². The van der Waals surface area contributed by atoms with Gasteiger partial charge in [0.15, 0.2) is 0 Å². The molecule has 2 rings (SSSR count). The molecule has 0 aromatic carbocycles. The van der Waals surface area contributed by atoms with Crippen molar-refractivity contribution in [3.05, 3.63) is 16.1 Å². The third-order valence-corrected chi connectivity index (χ3v) is 4.28. The number of rotatable bonds is 4. The van der Waals surface area contributed by atoms with Crippen LogP contribution in [0.5, 0.6) is 0 Å². The summed E-state index contributed by atoms with van der Waals surface area (Å²) in [6.45, 7) is 3.65. The van der Waals surface area contributed by atoms with Gasteiger partial charge >= 0.3 is 0 Å². The molecule has 1 aliphatic rings. The summed E-state index contributed by atoms with van der Waals surface area (Å²) in [5.74, 6) is 0.215. The lowest BCUT2D eigenvalue weighted by Crippen LogP contribution is -2.49. The molecular formula is C12H19N3OS. The van der Waals surface area contributed by atoms with Crippen LogP contribution < -0.4 is 5.32 Å². The van der Waals surface area contributed by atoms with Crippen molar-refractivity contribution >= 4 is 17.2 Å². The van der Waals surface area contributed by atoms with Gasteiger partial charge in [0, 0.05) is 17.6 Å². The lowest BCUT2D eigenvalue weighted by molar-refractivity contribution is -0.136. The summed E-state index contributed by atoms with van der Waals surface area (Å²) in [7, 11) is 1.85. The quantitative estimate of drug-likeness (QED) is 0.882. The molecule has 4 nitrogen and oxygen atoms in total. The Bertz CT molecular complexity index is 391. The molecule has 1 unspecified atom stereocenters. The number of thiazole rings is 1. The van der Waals surface area contributed by atoms with Crippen LogP contribution in [-0.4, -0.2) is 35.4 Å². The molecule has 17 heavy (non-hydrogen) atoms. The van der Waals surface area contributed by atoms with Crippen LogP contribution in [0.4, 0.5) is 0 Å². The topological polar surface area (TPSA) is 45.2 Å². The number of hydrogen-bond donors (Lipinski definition) is 1. The maximum absolute atomic E-state index is 12.1. The average Bonchev–Trinajstić information content (AvgIpc) is 2.79. The predicted octanol–water partition coefficient (Wildman–Crippen LogP) is 1.42. The highest BCUT2D eigenvalue weighted by Crippen LogP contribution is 2.19. The lowest BCUT2D eigenvalue weighted by Gasteiger charge is -2.31. The highest BCUT2D eigenvalue weighted by atomic mass is 32.1. The van der Waals surface area contributed by atoms with Crippen LogP contribution in [0.25, 0.3) is 0 Å². The summed E-state index contributed by atoms with van der Waals surface area (Å²) in [5.41, 5.74) is 0. The van der Waals surface area contributed by atoms with Crippen molar-refractivity contribution in [3.8, 4) is 0 Å². The number of carbonyl (C=O) groups excluding carboxylic acids is 1. The van der Waals surface area contributed by atoms with Gasteiger partial charge in [-0.15, -0.1) is 11.3 Å². The van der Waals surface area contributed by atoms with Gasteiger partial charge < -0.3 is 10.2 Å². The monoisotopic (exact) mass is 253 g/mol. The van der Waals surface area contributed by atoms with Crippen molar-refractivity contribution < 1.29 is 4.79 Å². The van der Waals surface area contributed by atoms with Crippen molar-refractivity contribution in [2.45, 2.75) is 38.8 Å². The normalized spacial score (nSPS) is 20.9. The zero-order chi connectivity index (χ0) is 12.3. The van der Waals surface area contributed by atoms with Gasteiger partial charge in [0.05, 0.1) is 12.6 Å². The zero-order valence-corrected chi connectivity index (χ0v) is 11.2. The number of nitrogens with one attached hydrogen (secondary N) is 1. The minimum absolute atomic E-state index is 0.00522. The number of aromatic nitrogens is 1. The van der Waals surface area contributed by atoms with E-state index in [0.717, 1.165) is 30.8 Å². The van der Waals surface area contributed by atoms with E-state index in [9.17, 15) is 4.79 Å². The molecule has 1 aromatic heterocycles. The number of nitrogens with zero attached hydrogens (tertiary/aromatic N) is 2. The summed E-state index contributed by atoms with van der Waals surface area (Å²) >= 11 is 1.71. The number of carbonyl (C=O) groups is 1. The number of likely N-dealkylation sites (N-methyl/N-ethyl adjacent to an activating group) is 1. The number of aryl methyl sites for hydroxylation is 1. The third-order valence-electron chi connectivity index (χ3n) is 3.16. The third kappa shape index (κ3) is 2.84. The van der Waals surface area contributed by atoms with Crippen LogP contribution in [-0.2, 0) is 17.8 Å². The molecule has 0 radical (unpaired) electrons. The summed E-state index contributed by atoms with van der Waals surface area (Å²) in [4.78, 5) is 19.7. The molecule has 1 aliphatic heterocycles. The van der Waals surface area contributed by atoms with Gasteiger partial charge in [-0.25, -0.2) is 4.98 Å². The molecule has 0 spiro atoms. The average molecular weight is 253 g/mol. The van der Waals surface area contributed by atoms with E-state index < -0.39 is 0 Å². The van der Waals surface area contributed by atoms with E-state index in [1.54, 1.807) is 11.3 Å². The molecule has 94 valence electrons. The summed E-state index contributed by atoms with van der Waals surface area (Å²) in [6, 6.07) is -0.00522. The second-order valence-electron chi connectivity index (χ2n) is 4.32. The van der Waals surface area contributed by atoms with Gasteiger partial charge in [0.2, 0.25) is 5.91 Å². The van der Waals surface area contributed by atoms with Crippen molar-refractivity contribution in [1.82, 2.24) is 15.2 Å². The van der Waals surface area contributed by atoms with Gasteiger partial charge in [-0.1, -0.05) is 6.92 Å². The minimum atomic E-state index is -0.00522. The van der Waals surface area contributed by atoms with Crippen molar-refractivity contribution in [3.63, 3.8) is 0 Å². The number of amides is 1. The van der Waals surface area contributed by atoms with E-state index in [0.29, 0.717) is 6.54 Å². The van der Waals surface area contributed by atoms with Crippen LogP contribution in [0.2, 0.25) is 0 Å². The molecular weight excluding hydrogens is 234 g/mol. The second-order valence-corrected chi connectivity index (χ2v) is 5.52. The molecule has 1 N–H and O–H groups in total. The molecule has 2 heterocycles. The fraction of sp³-hybridized carbons (Fsp3) is 0.667. The van der Waals surface area contributed by atoms with Crippen LogP contribution in [0.15, 0.2) is 6.20 Å². The van der Waals surface area contributed by atoms with Crippen LogP contribution >= 0.6 is 11.3 Å². The Labute approximate surface area is 106 Å². The minimum Gasteiger partial charge on any atom is -0.335 e. The summed E-state index contributed by atoms with van der Waals surface area (Å²) < 4.78 is 0. The molecule has 0 aliphatic carbocycles. The Balaban J connectivity index is 2.00. The lowest BCUT2D eigenvalue weighted by atomic mass is 10.1. The molecule has 0 bridgehead atoms. The first-order chi connectivity index (χ1) is 8.24. The van der Waals surface area contributed by atoms with Gasteiger partial charge in [-0.05, 0) is 26.3 Å². The molecule has 1 aromatic rings. The Morgan fingerprint density at radius 1 is 1.65 bits per heavy atom.